The SMILES string of the molecule is CC(=O)NC1=C(C)CCC=C1C. The first-order chi connectivity index (χ1) is 5.61. The molecule has 1 N–H and O–H groups in total. The number of carbonyl (C=O) groups excluding carboxylic acids is 1. The van der Waals surface area contributed by atoms with Gasteiger partial charge in [-0.1, -0.05) is 6.08 Å². The molecular weight excluding hydrogens is 150 g/mol. The maximum atomic E-state index is 10.8. The Bertz CT molecular complexity index is 261. The number of hydrogen-bond acceptors (Lipinski definition) is 1. The monoisotopic (exact) mass is 165 g/mol. The van der Waals surface area contributed by atoms with Gasteiger partial charge < -0.3 is 5.32 Å². The minimum atomic E-state index is 0.0130. The van der Waals surface area contributed by atoms with Crippen molar-refractivity contribution in [2.75, 3.05) is 0 Å². The first kappa shape index (κ1) is 9.04. The van der Waals surface area contributed by atoms with Crippen LogP contribution in [0.3, 0.4) is 0 Å². The largest absolute Gasteiger partial charge is 0.326 e. The first-order valence-electron chi connectivity index (χ1n) is 4.25. The molecule has 0 saturated heterocycles. The Balaban J connectivity index is 2.83. The van der Waals surface area contributed by atoms with Gasteiger partial charge in [-0.2, -0.15) is 0 Å². The summed E-state index contributed by atoms with van der Waals surface area (Å²) in [6, 6.07) is 0. The van der Waals surface area contributed by atoms with E-state index >= 15 is 0 Å². The molecule has 0 aromatic heterocycles. The highest BCUT2D eigenvalue weighted by Gasteiger charge is 2.09. The van der Waals surface area contributed by atoms with Crippen LogP contribution in [0.15, 0.2) is 22.9 Å². The number of allylic oxidation sites excluding steroid dienone is 3. The van der Waals surface area contributed by atoms with Crippen LogP contribution in [0.25, 0.3) is 0 Å². The van der Waals surface area contributed by atoms with E-state index in [1.54, 1.807) is 6.92 Å². The van der Waals surface area contributed by atoms with Gasteiger partial charge in [0.05, 0.1) is 0 Å². The van der Waals surface area contributed by atoms with E-state index in [0.29, 0.717) is 0 Å². The number of amides is 1. The van der Waals surface area contributed by atoms with Gasteiger partial charge in [0.1, 0.15) is 0 Å². The summed E-state index contributed by atoms with van der Waals surface area (Å²) in [5.74, 6) is 0.0130. The van der Waals surface area contributed by atoms with Crippen molar-refractivity contribution >= 4 is 5.91 Å². The van der Waals surface area contributed by atoms with Crippen molar-refractivity contribution in [3.8, 4) is 0 Å². The molecule has 0 aromatic rings. The fourth-order valence-corrected chi connectivity index (χ4v) is 1.45. The standard InChI is InChI=1S/C10H15NO/c1-7-5-4-6-8(2)10(7)11-9(3)12/h5H,4,6H2,1-3H3,(H,11,12). The average Bonchev–Trinajstić information content (AvgIpc) is 1.97. The van der Waals surface area contributed by atoms with Gasteiger partial charge in [-0.25, -0.2) is 0 Å². The fourth-order valence-electron chi connectivity index (χ4n) is 1.45. The highest BCUT2D eigenvalue weighted by Crippen LogP contribution is 2.22. The average molecular weight is 165 g/mol. The van der Waals surface area contributed by atoms with Gasteiger partial charge in [-0.15, -0.1) is 0 Å². The summed E-state index contributed by atoms with van der Waals surface area (Å²) in [6.45, 7) is 5.65. The normalized spacial score (nSPS) is 17.4. The van der Waals surface area contributed by atoms with Gasteiger partial charge in [-0.3, -0.25) is 4.79 Å². The Hall–Kier alpha value is -1.05. The molecule has 0 radical (unpaired) electrons. The lowest BCUT2D eigenvalue weighted by Crippen LogP contribution is -2.22. The van der Waals surface area contributed by atoms with Crippen LogP contribution in [0, 0.1) is 0 Å². The summed E-state index contributed by atoms with van der Waals surface area (Å²) < 4.78 is 0. The molecule has 2 nitrogen and oxygen atoms in total. The second kappa shape index (κ2) is 3.57. The van der Waals surface area contributed by atoms with Gasteiger partial charge in [0.2, 0.25) is 5.91 Å². The molecule has 0 heterocycles. The molecule has 0 aromatic carbocycles. The fraction of sp³-hybridized carbons (Fsp3) is 0.500. The molecule has 66 valence electrons. The van der Waals surface area contributed by atoms with Crippen LogP contribution in [-0.4, -0.2) is 5.91 Å². The predicted octanol–water partition coefficient (Wildman–Crippen LogP) is 2.14. The van der Waals surface area contributed by atoms with E-state index < -0.39 is 0 Å². The molecule has 0 bridgehead atoms. The zero-order valence-electron chi connectivity index (χ0n) is 7.90. The molecule has 1 aliphatic rings. The molecule has 2 heteroatoms. The van der Waals surface area contributed by atoms with Crippen LogP contribution in [0.4, 0.5) is 0 Å². The molecule has 1 aliphatic carbocycles. The van der Waals surface area contributed by atoms with E-state index in [2.05, 4.69) is 18.3 Å². The lowest BCUT2D eigenvalue weighted by atomic mass is 9.98. The third kappa shape index (κ3) is 1.97. The lowest BCUT2D eigenvalue weighted by molar-refractivity contribution is -0.118. The molecule has 0 saturated carbocycles. The Morgan fingerprint density at radius 2 is 2.17 bits per heavy atom. The Morgan fingerprint density at radius 1 is 1.50 bits per heavy atom. The molecular formula is C10H15NO. The summed E-state index contributed by atoms with van der Waals surface area (Å²) >= 11 is 0. The maximum absolute atomic E-state index is 10.8. The summed E-state index contributed by atoms with van der Waals surface area (Å²) in [5, 5.41) is 2.85. The van der Waals surface area contributed by atoms with E-state index in [9.17, 15) is 4.79 Å². The smallest absolute Gasteiger partial charge is 0.221 e. The minimum absolute atomic E-state index is 0.0130. The van der Waals surface area contributed by atoms with Gasteiger partial charge in [0, 0.05) is 12.6 Å². The molecule has 0 spiro atoms. The van der Waals surface area contributed by atoms with E-state index in [-0.39, 0.29) is 5.91 Å². The minimum Gasteiger partial charge on any atom is -0.326 e. The van der Waals surface area contributed by atoms with Gasteiger partial charge in [0.25, 0.3) is 0 Å². The number of nitrogens with one attached hydrogen (secondary N) is 1. The third-order valence-electron chi connectivity index (χ3n) is 2.09. The lowest BCUT2D eigenvalue weighted by Gasteiger charge is -2.17. The van der Waals surface area contributed by atoms with Crippen molar-refractivity contribution in [2.45, 2.75) is 33.6 Å². The highest BCUT2D eigenvalue weighted by atomic mass is 16.1. The number of rotatable bonds is 1. The van der Waals surface area contributed by atoms with Crippen molar-refractivity contribution in [3.63, 3.8) is 0 Å². The molecule has 1 amide bonds. The van der Waals surface area contributed by atoms with Gasteiger partial charge in [-0.05, 0) is 37.8 Å². The molecule has 0 unspecified atom stereocenters. The van der Waals surface area contributed by atoms with Crippen LogP contribution in [0.1, 0.15) is 33.6 Å². The topological polar surface area (TPSA) is 29.1 Å². The molecule has 12 heavy (non-hydrogen) atoms. The Kier molecular flexibility index (Phi) is 2.69. The Labute approximate surface area is 73.4 Å². The van der Waals surface area contributed by atoms with Gasteiger partial charge in [0.15, 0.2) is 0 Å². The molecule has 0 aliphatic heterocycles. The van der Waals surface area contributed by atoms with E-state index in [0.717, 1.165) is 18.5 Å². The van der Waals surface area contributed by atoms with Crippen molar-refractivity contribution in [3.05, 3.63) is 22.9 Å². The van der Waals surface area contributed by atoms with Crippen molar-refractivity contribution in [2.24, 2.45) is 0 Å². The van der Waals surface area contributed by atoms with Crippen LogP contribution in [0.2, 0.25) is 0 Å². The Morgan fingerprint density at radius 3 is 2.67 bits per heavy atom. The number of carbonyl (C=O) groups is 1. The zero-order chi connectivity index (χ0) is 9.14. The van der Waals surface area contributed by atoms with Crippen molar-refractivity contribution in [1.29, 1.82) is 0 Å². The van der Waals surface area contributed by atoms with Crippen LogP contribution in [0.5, 0.6) is 0 Å². The van der Waals surface area contributed by atoms with E-state index in [1.165, 1.54) is 11.1 Å². The second-order valence-electron chi connectivity index (χ2n) is 3.26. The molecule has 1 rings (SSSR count). The molecule has 0 fully saturated rings. The quantitative estimate of drug-likeness (QED) is 0.633. The third-order valence-corrected chi connectivity index (χ3v) is 2.09. The highest BCUT2D eigenvalue weighted by molar-refractivity contribution is 5.76. The summed E-state index contributed by atoms with van der Waals surface area (Å²) in [7, 11) is 0. The summed E-state index contributed by atoms with van der Waals surface area (Å²) in [6.07, 6.45) is 4.33. The summed E-state index contributed by atoms with van der Waals surface area (Å²) in [5.41, 5.74) is 3.49. The van der Waals surface area contributed by atoms with Crippen molar-refractivity contribution < 1.29 is 4.79 Å². The molecule has 0 atom stereocenters. The van der Waals surface area contributed by atoms with Gasteiger partial charge >= 0.3 is 0 Å². The van der Waals surface area contributed by atoms with Crippen LogP contribution in [-0.2, 0) is 4.79 Å². The first-order valence-corrected chi connectivity index (χ1v) is 4.25. The van der Waals surface area contributed by atoms with Crippen LogP contribution < -0.4 is 5.32 Å². The second-order valence-corrected chi connectivity index (χ2v) is 3.26. The predicted molar refractivity (Wildman–Crippen MR) is 49.5 cm³/mol. The summed E-state index contributed by atoms with van der Waals surface area (Å²) in [4.78, 5) is 10.8. The van der Waals surface area contributed by atoms with Crippen molar-refractivity contribution in [1.82, 2.24) is 5.32 Å². The van der Waals surface area contributed by atoms with Crippen LogP contribution >= 0.6 is 0 Å². The van der Waals surface area contributed by atoms with E-state index in [4.69, 9.17) is 0 Å². The van der Waals surface area contributed by atoms with E-state index in [1.807, 2.05) is 6.92 Å². The number of hydrogen-bond donors (Lipinski definition) is 1. The zero-order valence-corrected chi connectivity index (χ0v) is 7.90. The maximum Gasteiger partial charge on any atom is 0.221 e.